The highest BCUT2D eigenvalue weighted by Gasteiger charge is 2.52. The van der Waals surface area contributed by atoms with Gasteiger partial charge in [0, 0.05) is 42.4 Å². The smallest absolute Gasteiger partial charge is 0.273 e. The summed E-state index contributed by atoms with van der Waals surface area (Å²) in [6, 6.07) is 12.0. The molecule has 5 heterocycles. The number of thioether (sulfide) groups is 1. The van der Waals surface area contributed by atoms with Crippen molar-refractivity contribution in [1.29, 1.82) is 0 Å². The summed E-state index contributed by atoms with van der Waals surface area (Å²) in [6.45, 7) is 1.44. The predicted molar refractivity (Wildman–Crippen MR) is 159 cm³/mol. The Kier molecular flexibility index (Phi) is 8.74. The van der Waals surface area contributed by atoms with E-state index in [0.717, 1.165) is 24.1 Å². The van der Waals surface area contributed by atoms with Crippen molar-refractivity contribution in [3.8, 4) is 11.3 Å². The summed E-state index contributed by atoms with van der Waals surface area (Å²) in [5, 5.41) is 8.78. The predicted octanol–water partition coefficient (Wildman–Crippen LogP) is 5.44. The van der Waals surface area contributed by atoms with Crippen molar-refractivity contribution in [3.63, 3.8) is 0 Å². The number of methoxy groups -OCH3 is 1. The maximum Gasteiger partial charge on any atom is 0.273 e. The highest BCUT2D eigenvalue weighted by Crippen LogP contribution is 2.45. The maximum absolute atomic E-state index is 14.1. The summed E-state index contributed by atoms with van der Waals surface area (Å²) in [5.41, 5.74) is 0.400. The molecule has 2 aromatic heterocycles. The number of hydrogen-bond acceptors (Lipinski definition) is 9. The Morgan fingerprint density at radius 2 is 1.85 bits per heavy atom. The van der Waals surface area contributed by atoms with Gasteiger partial charge in [-0.05, 0) is 24.6 Å². The summed E-state index contributed by atoms with van der Waals surface area (Å²) in [7, 11) is 1.51. The van der Waals surface area contributed by atoms with Crippen LogP contribution >= 0.6 is 23.4 Å². The van der Waals surface area contributed by atoms with Crippen LogP contribution in [0.5, 0.6) is 0 Å². The molecule has 1 amide bonds. The van der Waals surface area contributed by atoms with Crippen LogP contribution in [0.4, 0.5) is 13.2 Å². The number of ether oxygens (including phenoxy) is 4. The molecule has 15 heteroatoms. The van der Waals surface area contributed by atoms with E-state index in [4.69, 9.17) is 30.5 Å². The number of likely N-dealkylation sites (tertiary alicyclic amines) is 1. The van der Waals surface area contributed by atoms with Crippen molar-refractivity contribution in [3.05, 3.63) is 94.7 Å². The second kappa shape index (κ2) is 12.9. The topological polar surface area (TPSA) is 101 Å². The third-order valence-corrected chi connectivity index (χ3v) is 9.54. The van der Waals surface area contributed by atoms with Crippen LogP contribution in [0.15, 0.2) is 65.8 Å². The van der Waals surface area contributed by atoms with Gasteiger partial charge in [0.25, 0.3) is 5.91 Å². The minimum atomic E-state index is -1.58. The van der Waals surface area contributed by atoms with Gasteiger partial charge in [-0.3, -0.25) is 4.79 Å². The SMILES string of the molecule is COC1[C@@H](Sc2cc(Cl)cnc2C(=O)N2CCC2)OC2COC(c3ccccc3)O[C@@H]2[C@@H]1n1cc(-c2cc(F)c(F)c(F)c2)nn1. The van der Waals surface area contributed by atoms with Crippen LogP contribution in [0.1, 0.15) is 34.8 Å². The number of aromatic nitrogens is 4. The number of rotatable bonds is 7. The number of fused-ring (bicyclic) bond motifs is 1. The largest absolute Gasteiger partial charge is 0.375 e. The molecule has 3 fully saturated rings. The Balaban J connectivity index is 1.25. The molecule has 0 bridgehead atoms. The lowest BCUT2D eigenvalue weighted by atomic mass is 9.95. The van der Waals surface area contributed by atoms with Gasteiger partial charge < -0.3 is 23.8 Å². The number of amides is 1. The van der Waals surface area contributed by atoms with Gasteiger partial charge in [0.15, 0.2) is 23.7 Å². The van der Waals surface area contributed by atoms with E-state index in [0.29, 0.717) is 23.0 Å². The quantitative estimate of drug-likeness (QED) is 0.237. The first-order valence-corrected chi connectivity index (χ1v) is 15.7. The Bertz CT molecular complexity index is 1730. The maximum atomic E-state index is 14.1. The van der Waals surface area contributed by atoms with E-state index in [2.05, 4.69) is 15.3 Å². The molecule has 6 atom stereocenters. The van der Waals surface area contributed by atoms with Crippen LogP contribution in [0.2, 0.25) is 5.02 Å². The van der Waals surface area contributed by atoms with Gasteiger partial charge in [-0.25, -0.2) is 22.8 Å². The molecule has 3 unspecified atom stereocenters. The van der Waals surface area contributed by atoms with Crippen molar-refractivity contribution in [2.45, 2.75) is 47.4 Å². The van der Waals surface area contributed by atoms with Crippen LogP contribution < -0.4 is 0 Å². The lowest BCUT2D eigenvalue weighted by molar-refractivity contribution is -0.308. The van der Waals surface area contributed by atoms with Crippen LogP contribution in [0.3, 0.4) is 0 Å². The number of benzene rings is 2. The lowest BCUT2D eigenvalue weighted by Crippen LogP contribution is -2.59. The first-order chi connectivity index (χ1) is 22.3. The number of carbonyl (C=O) groups is 1. The third kappa shape index (κ3) is 5.89. The fraction of sp³-hybridized carbons (Fsp3) is 0.355. The average Bonchev–Trinajstić information content (AvgIpc) is 3.52. The first-order valence-electron chi connectivity index (χ1n) is 14.5. The van der Waals surface area contributed by atoms with E-state index in [1.54, 1.807) is 11.0 Å². The zero-order valence-electron chi connectivity index (χ0n) is 24.3. The summed E-state index contributed by atoms with van der Waals surface area (Å²) < 4.78 is 68.5. The molecule has 10 nitrogen and oxygen atoms in total. The molecule has 7 rings (SSSR count). The highest BCUT2D eigenvalue weighted by molar-refractivity contribution is 8.00. The van der Waals surface area contributed by atoms with Crippen LogP contribution in [0, 0.1) is 17.5 Å². The second-order valence-corrected chi connectivity index (χ2v) is 12.6. The molecule has 46 heavy (non-hydrogen) atoms. The van der Waals surface area contributed by atoms with E-state index >= 15 is 0 Å². The summed E-state index contributed by atoms with van der Waals surface area (Å²) >= 11 is 7.55. The van der Waals surface area contributed by atoms with Gasteiger partial charge in [-0.15, -0.1) is 5.10 Å². The molecule has 0 N–H and O–H groups in total. The minimum Gasteiger partial charge on any atom is -0.375 e. The number of pyridine rings is 1. The first kappa shape index (κ1) is 31.1. The van der Waals surface area contributed by atoms with E-state index < -0.39 is 53.5 Å². The third-order valence-electron chi connectivity index (χ3n) is 8.16. The van der Waals surface area contributed by atoms with E-state index in [-0.39, 0.29) is 29.5 Å². The molecule has 0 saturated carbocycles. The van der Waals surface area contributed by atoms with Gasteiger partial charge in [-0.1, -0.05) is 58.9 Å². The molecule has 3 saturated heterocycles. The molecule has 2 aromatic carbocycles. The van der Waals surface area contributed by atoms with Crippen LogP contribution in [-0.2, 0) is 18.9 Å². The van der Waals surface area contributed by atoms with Crippen LogP contribution in [0.25, 0.3) is 11.3 Å². The Labute approximate surface area is 270 Å². The average molecular weight is 674 g/mol. The van der Waals surface area contributed by atoms with Gasteiger partial charge >= 0.3 is 0 Å². The molecule has 3 aliphatic heterocycles. The van der Waals surface area contributed by atoms with Gasteiger partial charge in [0.2, 0.25) is 0 Å². The Hall–Kier alpha value is -3.53. The van der Waals surface area contributed by atoms with E-state index in [1.165, 1.54) is 35.9 Å². The van der Waals surface area contributed by atoms with Crippen molar-refractivity contribution in [1.82, 2.24) is 24.9 Å². The highest BCUT2D eigenvalue weighted by atomic mass is 35.5. The Morgan fingerprint density at radius 3 is 2.54 bits per heavy atom. The monoisotopic (exact) mass is 673 g/mol. The summed E-state index contributed by atoms with van der Waals surface area (Å²) in [5.74, 6) is -4.48. The fourth-order valence-corrected chi connectivity index (χ4v) is 7.24. The second-order valence-electron chi connectivity index (χ2n) is 11.0. The molecule has 0 spiro atoms. The van der Waals surface area contributed by atoms with Crippen molar-refractivity contribution in [2.24, 2.45) is 0 Å². The number of nitrogens with zero attached hydrogens (tertiary/aromatic N) is 5. The molecule has 240 valence electrons. The van der Waals surface area contributed by atoms with Crippen LogP contribution in [-0.4, -0.2) is 81.3 Å². The van der Waals surface area contributed by atoms with Gasteiger partial charge in [-0.2, -0.15) is 0 Å². The number of halogens is 4. The lowest BCUT2D eigenvalue weighted by Gasteiger charge is -2.48. The molecule has 0 aliphatic carbocycles. The van der Waals surface area contributed by atoms with Gasteiger partial charge in [0.1, 0.15) is 41.2 Å². The van der Waals surface area contributed by atoms with Crippen molar-refractivity contribution < 1.29 is 36.9 Å². The molecular weight excluding hydrogens is 647 g/mol. The molecule has 3 aliphatic rings. The zero-order chi connectivity index (χ0) is 31.9. The number of carbonyl (C=O) groups excluding carboxylic acids is 1. The Morgan fingerprint density at radius 1 is 1.09 bits per heavy atom. The minimum absolute atomic E-state index is 0.000333. The van der Waals surface area contributed by atoms with E-state index in [1.807, 2.05) is 30.3 Å². The molecule has 4 aromatic rings. The standard InChI is InChI=1S/C31H27ClF3N5O5S/c1-42-28-26(40-14-21(37-38-40)17-10-19(33)24(35)20(34)11-17)27-22(15-43-30(45-27)16-6-3-2-4-7-16)44-31(28)46-23-12-18(32)13-36-25(23)29(41)39-8-5-9-39/h2-4,6-7,10-14,22,26-28,30-31H,5,8-9,15H2,1H3/t22?,26-,27-,28?,30?,31+/m0/s1. The van der Waals surface area contributed by atoms with Gasteiger partial charge in [0.05, 0.1) is 17.8 Å². The van der Waals surface area contributed by atoms with Crippen molar-refractivity contribution >= 4 is 29.3 Å². The fourth-order valence-electron chi connectivity index (χ4n) is 5.72. The summed E-state index contributed by atoms with van der Waals surface area (Å²) in [4.78, 5) is 19.8. The zero-order valence-corrected chi connectivity index (χ0v) is 25.8. The number of hydrogen-bond donors (Lipinski definition) is 0. The normalized spacial score (nSPS) is 26.0. The van der Waals surface area contributed by atoms with E-state index in [9.17, 15) is 18.0 Å². The molecular formula is C31H27ClF3N5O5S. The van der Waals surface area contributed by atoms with Crippen molar-refractivity contribution in [2.75, 3.05) is 26.8 Å². The molecule has 0 radical (unpaired) electrons. The summed E-state index contributed by atoms with van der Waals surface area (Å²) in [6.07, 6.45) is 1.05.